The number of hydrogen-bond donors (Lipinski definition) is 1. The third-order valence-corrected chi connectivity index (χ3v) is 3.80. The Balaban J connectivity index is 1.89. The molecule has 1 fully saturated rings. The molecule has 0 spiro atoms. The van der Waals surface area contributed by atoms with E-state index in [-0.39, 0.29) is 12.2 Å². The molecule has 2 heterocycles. The fourth-order valence-corrected chi connectivity index (χ4v) is 2.53. The molecule has 8 heteroatoms. The summed E-state index contributed by atoms with van der Waals surface area (Å²) in [6.45, 7) is 1.20. The van der Waals surface area contributed by atoms with Gasteiger partial charge in [-0.1, -0.05) is 30.3 Å². The van der Waals surface area contributed by atoms with Gasteiger partial charge in [0.25, 0.3) is 12.3 Å². The number of aromatic nitrogens is 1. The molecular formula is C15H13F2N3O3. The fraction of sp³-hybridized carbons (Fsp3) is 0.267. The highest BCUT2D eigenvalue weighted by atomic mass is 19.3. The SMILES string of the molecule is CC1(c2ccccc2)NC(=O)N(Cc2ncoc2C(F)F)C1=O. The first kappa shape index (κ1) is 15.1. The van der Waals surface area contributed by atoms with Gasteiger partial charge in [-0.05, 0) is 12.5 Å². The predicted molar refractivity (Wildman–Crippen MR) is 74.3 cm³/mol. The standard InChI is InChI=1S/C15H13F2N3O3/c1-15(9-5-3-2-4-6-9)13(21)20(14(22)19-15)7-10-11(12(16)17)23-8-18-10/h2-6,8,12H,7H2,1H3,(H,19,22). The first-order chi connectivity index (χ1) is 10.9. The number of halogens is 2. The number of urea groups is 1. The van der Waals surface area contributed by atoms with Crippen molar-refractivity contribution in [1.82, 2.24) is 15.2 Å². The average Bonchev–Trinajstić information content (AvgIpc) is 3.08. The molecule has 3 amide bonds. The molecule has 6 nitrogen and oxygen atoms in total. The molecule has 1 unspecified atom stereocenters. The number of imide groups is 1. The lowest BCUT2D eigenvalue weighted by Gasteiger charge is -2.22. The van der Waals surface area contributed by atoms with E-state index in [1.54, 1.807) is 37.3 Å². The summed E-state index contributed by atoms with van der Waals surface area (Å²) < 4.78 is 30.2. The van der Waals surface area contributed by atoms with Gasteiger partial charge in [-0.3, -0.25) is 9.69 Å². The van der Waals surface area contributed by atoms with Gasteiger partial charge in [0, 0.05) is 0 Å². The van der Waals surface area contributed by atoms with Crippen molar-refractivity contribution in [3.8, 4) is 0 Å². The number of nitrogens with one attached hydrogen (secondary N) is 1. The Morgan fingerprint density at radius 2 is 2.00 bits per heavy atom. The van der Waals surface area contributed by atoms with Crippen molar-refractivity contribution in [2.45, 2.75) is 25.4 Å². The molecule has 0 saturated carbocycles. The van der Waals surface area contributed by atoms with E-state index in [2.05, 4.69) is 14.7 Å². The molecule has 0 bridgehead atoms. The number of benzene rings is 1. The van der Waals surface area contributed by atoms with Crippen LogP contribution in [0.3, 0.4) is 0 Å². The van der Waals surface area contributed by atoms with Crippen LogP contribution in [0.5, 0.6) is 0 Å². The maximum absolute atomic E-state index is 12.8. The number of carbonyl (C=O) groups excluding carboxylic acids is 2. The van der Waals surface area contributed by atoms with E-state index in [1.807, 2.05) is 0 Å². The zero-order chi connectivity index (χ0) is 16.6. The van der Waals surface area contributed by atoms with Crippen LogP contribution in [0.25, 0.3) is 0 Å². The quantitative estimate of drug-likeness (QED) is 0.878. The Labute approximate surface area is 130 Å². The molecular weight excluding hydrogens is 308 g/mol. The highest BCUT2D eigenvalue weighted by Gasteiger charge is 2.49. The summed E-state index contributed by atoms with van der Waals surface area (Å²) in [4.78, 5) is 29.3. The first-order valence-corrected chi connectivity index (χ1v) is 6.83. The van der Waals surface area contributed by atoms with E-state index in [4.69, 9.17) is 0 Å². The second-order valence-corrected chi connectivity index (χ2v) is 5.28. The summed E-state index contributed by atoms with van der Waals surface area (Å²) in [6, 6.07) is 8.04. The average molecular weight is 321 g/mol. The van der Waals surface area contributed by atoms with Crippen molar-refractivity contribution < 1.29 is 22.8 Å². The van der Waals surface area contributed by atoms with Crippen LogP contribution in [0.2, 0.25) is 0 Å². The van der Waals surface area contributed by atoms with Crippen molar-refractivity contribution in [2.75, 3.05) is 0 Å². The van der Waals surface area contributed by atoms with Gasteiger partial charge >= 0.3 is 6.03 Å². The lowest BCUT2D eigenvalue weighted by molar-refractivity contribution is -0.131. The van der Waals surface area contributed by atoms with Crippen LogP contribution >= 0.6 is 0 Å². The van der Waals surface area contributed by atoms with Crippen LogP contribution in [0.15, 0.2) is 41.1 Å². The van der Waals surface area contributed by atoms with Crippen molar-refractivity contribution in [3.05, 3.63) is 53.7 Å². The Kier molecular flexibility index (Phi) is 3.59. The van der Waals surface area contributed by atoms with Gasteiger partial charge in [-0.2, -0.15) is 0 Å². The molecule has 1 saturated heterocycles. The maximum atomic E-state index is 12.8. The summed E-state index contributed by atoms with van der Waals surface area (Å²) in [7, 11) is 0. The molecule has 3 rings (SSSR count). The van der Waals surface area contributed by atoms with Gasteiger partial charge < -0.3 is 9.73 Å². The van der Waals surface area contributed by atoms with E-state index < -0.39 is 29.7 Å². The van der Waals surface area contributed by atoms with Crippen LogP contribution in [0.4, 0.5) is 13.6 Å². The van der Waals surface area contributed by atoms with E-state index in [9.17, 15) is 18.4 Å². The number of amides is 3. The fourth-order valence-electron chi connectivity index (χ4n) is 2.53. The van der Waals surface area contributed by atoms with Crippen molar-refractivity contribution in [3.63, 3.8) is 0 Å². The molecule has 0 aliphatic carbocycles. The summed E-state index contributed by atoms with van der Waals surface area (Å²) in [5.74, 6) is -1.17. The second kappa shape index (κ2) is 5.45. The Morgan fingerprint density at radius 3 is 2.65 bits per heavy atom. The van der Waals surface area contributed by atoms with E-state index in [0.717, 1.165) is 11.3 Å². The molecule has 120 valence electrons. The third kappa shape index (κ3) is 2.45. The minimum Gasteiger partial charge on any atom is -0.442 e. The topological polar surface area (TPSA) is 75.4 Å². The molecule has 0 radical (unpaired) electrons. The molecule has 1 aliphatic heterocycles. The van der Waals surface area contributed by atoms with Crippen LogP contribution in [0.1, 0.15) is 30.4 Å². The number of alkyl halides is 2. The molecule has 2 aromatic rings. The van der Waals surface area contributed by atoms with Crippen LogP contribution in [0, 0.1) is 0 Å². The number of hydrogen-bond acceptors (Lipinski definition) is 4. The molecule has 1 aliphatic rings. The van der Waals surface area contributed by atoms with Crippen molar-refractivity contribution >= 4 is 11.9 Å². The highest BCUT2D eigenvalue weighted by Crippen LogP contribution is 2.31. The zero-order valence-electron chi connectivity index (χ0n) is 12.1. The second-order valence-electron chi connectivity index (χ2n) is 5.28. The summed E-state index contributed by atoms with van der Waals surface area (Å²) >= 11 is 0. The molecule has 1 atom stereocenters. The lowest BCUT2D eigenvalue weighted by atomic mass is 9.92. The monoisotopic (exact) mass is 321 g/mol. The van der Waals surface area contributed by atoms with Gasteiger partial charge in [0.15, 0.2) is 12.2 Å². The molecule has 1 aromatic carbocycles. The van der Waals surface area contributed by atoms with Crippen molar-refractivity contribution in [2.24, 2.45) is 0 Å². The van der Waals surface area contributed by atoms with E-state index in [0.29, 0.717) is 5.56 Å². The number of oxazole rings is 1. The lowest BCUT2D eigenvalue weighted by Crippen LogP contribution is -2.40. The number of nitrogens with zero attached hydrogens (tertiary/aromatic N) is 2. The van der Waals surface area contributed by atoms with Crippen LogP contribution in [-0.2, 0) is 16.9 Å². The third-order valence-electron chi connectivity index (χ3n) is 3.80. The van der Waals surface area contributed by atoms with Crippen LogP contribution in [-0.4, -0.2) is 21.8 Å². The van der Waals surface area contributed by atoms with Gasteiger partial charge in [-0.25, -0.2) is 18.6 Å². The minimum atomic E-state index is -2.87. The minimum absolute atomic E-state index is 0.138. The Bertz CT molecular complexity index is 747. The van der Waals surface area contributed by atoms with Gasteiger partial charge in [0.05, 0.1) is 6.54 Å². The van der Waals surface area contributed by atoms with Gasteiger partial charge in [-0.15, -0.1) is 0 Å². The Morgan fingerprint density at radius 1 is 1.30 bits per heavy atom. The van der Waals surface area contributed by atoms with Gasteiger partial charge in [0.2, 0.25) is 0 Å². The molecule has 1 N–H and O–H groups in total. The number of rotatable bonds is 4. The van der Waals surface area contributed by atoms with E-state index in [1.165, 1.54) is 0 Å². The molecule has 1 aromatic heterocycles. The van der Waals surface area contributed by atoms with Crippen molar-refractivity contribution in [1.29, 1.82) is 0 Å². The summed E-state index contributed by atoms with van der Waals surface area (Å²) in [5, 5.41) is 2.60. The van der Waals surface area contributed by atoms with Crippen LogP contribution < -0.4 is 5.32 Å². The molecule has 23 heavy (non-hydrogen) atoms. The first-order valence-electron chi connectivity index (χ1n) is 6.83. The zero-order valence-corrected chi connectivity index (χ0v) is 12.1. The van der Waals surface area contributed by atoms with Gasteiger partial charge in [0.1, 0.15) is 11.2 Å². The smallest absolute Gasteiger partial charge is 0.325 e. The largest absolute Gasteiger partial charge is 0.442 e. The highest BCUT2D eigenvalue weighted by molar-refractivity contribution is 6.07. The summed E-state index contributed by atoms with van der Waals surface area (Å²) in [6.07, 6.45) is -2.00. The van der Waals surface area contributed by atoms with E-state index >= 15 is 0 Å². The number of carbonyl (C=O) groups is 2. The maximum Gasteiger partial charge on any atom is 0.325 e. The summed E-state index contributed by atoms with van der Waals surface area (Å²) in [5.41, 5.74) is -0.775. The normalized spacial score (nSPS) is 21.1. The predicted octanol–water partition coefficient (Wildman–Crippen LogP) is 2.58. The Hall–Kier alpha value is -2.77.